The quantitative estimate of drug-likeness (QED) is 0.790. The maximum absolute atomic E-state index is 4.28. The largest absolute Gasteiger partial charge is 0.313 e. The van der Waals surface area contributed by atoms with E-state index in [-0.39, 0.29) is 0 Å². The topological polar surface area (TPSA) is 29.9 Å². The van der Waals surface area contributed by atoms with Gasteiger partial charge >= 0.3 is 0 Å². The zero-order chi connectivity index (χ0) is 9.80. The number of nitrogens with zero attached hydrogens (tertiary/aromatic N) is 2. The number of aromatic nitrogens is 2. The van der Waals surface area contributed by atoms with Crippen LogP contribution in [0.5, 0.6) is 0 Å². The summed E-state index contributed by atoms with van der Waals surface area (Å²) in [5.74, 6) is 1.03. The molecule has 0 aliphatic heterocycles. The molecule has 72 valence electrons. The molecular formula is C11H13N3. The Morgan fingerprint density at radius 1 is 1.29 bits per heavy atom. The van der Waals surface area contributed by atoms with Crippen molar-refractivity contribution in [2.24, 2.45) is 0 Å². The van der Waals surface area contributed by atoms with Gasteiger partial charge in [0.25, 0.3) is 0 Å². The standard InChI is InChI=1S/C11H13N3/c1-12-9-11-13-7-8-14(11)10-5-3-2-4-6-10/h2-8,12H,9H2,1H3. The molecule has 1 N–H and O–H groups in total. The minimum Gasteiger partial charge on any atom is -0.313 e. The fourth-order valence-electron chi connectivity index (χ4n) is 1.45. The van der Waals surface area contributed by atoms with Crippen molar-refractivity contribution in [1.29, 1.82) is 0 Å². The highest BCUT2D eigenvalue weighted by atomic mass is 15.1. The van der Waals surface area contributed by atoms with Crippen molar-refractivity contribution in [3.8, 4) is 5.69 Å². The van der Waals surface area contributed by atoms with E-state index in [1.54, 1.807) is 0 Å². The first-order chi connectivity index (χ1) is 6.92. The van der Waals surface area contributed by atoms with Crippen LogP contribution in [0.2, 0.25) is 0 Å². The van der Waals surface area contributed by atoms with Gasteiger partial charge in [-0.3, -0.25) is 0 Å². The van der Waals surface area contributed by atoms with Crippen LogP contribution in [-0.2, 0) is 6.54 Å². The Kier molecular flexibility index (Phi) is 2.60. The van der Waals surface area contributed by atoms with Crippen LogP contribution in [0.25, 0.3) is 5.69 Å². The second kappa shape index (κ2) is 4.07. The summed E-state index contributed by atoms with van der Waals surface area (Å²) in [4.78, 5) is 4.28. The Morgan fingerprint density at radius 3 is 2.79 bits per heavy atom. The molecule has 0 saturated carbocycles. The van der Waals surface area contributed by atoms with Crippen LogP contribution in [0.3, 0.4) is 0 Å². The van der Waals surface area contributed by atoms with E-state index in [1.165, 1.54) is 0 Å². The minimum atomic E-state index is 0.780. The van der Waals surface area contributed by atoms with Gasteiger partial charge in [-0.15, -0.1) is 0 Å². The molecule has 0 spiro atoms. The normalized spacial score (nSPS) is 10.4. The number of hydrogen-bond donors (Lipinski definition) is 1. The molecule has 0 bridgehead atoms. The van der Waals surface area contributed by atoms with Gasteiger partial charge in [-0.05, 0) is 19.2 Å². The maximum Gasteiger partial charge on any atom is 0.127 e. The molecular weight excluding hydrogens is 174 g/mol. The van der Waals surface area contributed by atoms with Crippen LogP contribution in [0.4, 0.5) is 0 Å². The van der Waals surface area contributed by atoms with Gasteiger partial charge in [0.05, 0.1) is 6.54 Å². The number of nitrogens with one attached hydrogen (secondary N) is 1. The Morgan fingerprint density at radius 2 is 2.07 bits per heavy atom. The third kappa shape index (κ3) is 1.67. The number of hydrogen-bond acceptors (Lipinski definition) is 2. The molecule has 0 amide bonds. The fraction of sp³-hybridized carbons (Fsp3) is 0.182. The molecule has 1 aromatic heterocycles. The van der Waals surface area contributed by atoms with Crippen LogP contribution in [0.15, 0.2) is 42.7 Å². The van der Waals surface area contributed by atoms with Gasteiger partial charge in [0.1, 0.15) is 5.82 Å². The molecule has 0 aliphatic carbocycles. The summed E-state index contributed by atoms with van der Waals surface area (Å²) >= 11 is 0. The first-order valence-corrected chi connectivity index (χ1v) is 4.64. The third-order valence-electron chi connectivity index (χ3n) is 2.09. The molecule has 0 fully saturated rings. The van der Waals surface area contributed by atoms with Crippen LogP contribution < -0.4 is 5.32 Å². The van der Waals surface area contributed by atoms with E-state index >= 15 is 0 Å². The van der Waals surface area contributed by atoms with Crippen LogP contribution in [0.1, 0.15) is 5.82 Å². The molecule has 0 atom stereocenters. The summed E-state index contributed by atoms with van der Waals surface area (Å²) in [6.45, 7) is 0.780. The summed E-state index contributed by atoms with van der Waals surface area (Å²) in [6, 6.07) is 10.2. The van der Waals surface area contributed by atoms with Gasteiger partial charge in [0.15, 0.2) is 0 Å². The fourth-order valence-corrected chi connectivity index (χ4v) is 1.45. The second-order valence-electron chi connectivity index (χ2n) is 3.08. The van der Waals surface area contributed by atoms with Crippen molar-refractivity contribution < 1.29 is 0 Å². The number of imidazole rings is 1. The molecule has 3 heteroatoms. The van der Waals surface area contributed by atoms with Crippen molar-refractivity contribution >= 4 is 0 Å². The SMILES string of the molecule is CNCc1nccn1-c1ccccc1. The van der Waals surface area contributed by atoms with Gasteiger partial charge in [-0.1, -0.05) is 18.2 Å². The van der Waals surface area contributed by atoms with Gasteiger partial charge in [0, 0.05) is 18.1 Å². The minimum absolute atomic E-state index is 0.780. The summed E-state index contributed by atoms with van der Waals surface area (Å²) in [7, 11) is 1.92. The summed E-state index contributed by atoms with van der Waals surface area (Å²) in [5, 5.41) is 3.10. The lowest BCUT2D eigenvalue weighted by Gasteiger charge is -2.06. The second-order valence-corrected chi connectivity index (χ2v) is 3.08. The average Bonchev–Trinajstić information content (AvgIpc) is 2.68. The molecule has 0 aliphatic rings. The number of benzene rings is 1. The number of rotatable bonds is 3. The third-order valence-corrected chi connectivity index (χ3v) is 2.09. The van der Waals surface area contributed by atoms with Crippen molar-refractivity contribution in [2.45, 2.75) is 6.54 Å². The first-order valence-electron chi connectivity index (χ1n) is 4.64. The number of para-hydroxylation sites is 1. The molecule has 0 unspecified atom stereocenters. The lowest BCUT2D eigenvalue weighted by molar-refractivity contribution is 0.742. The van der Waals surface area contributed by atoms with Crippen LogP contribution in [-0.4, -0.2) is 16.6 Å². The van der Waals surface area contributed by atoms with E-state index in [9.17, 15) is 0 Å². The summed E-state index contributed by atoms with van der Waals surface area (Å²) in [5.41, 5.74) is 1.15. The van der Waals surface area contributed by atoms with E-state index in [0.29, 0.717) is 0 Å². The van der Waals surface area contributed by atoms with Crippen molar-refractivity contribution in [2.75, 3.05) is 7.05 Å². The molecule has 3 nitrogen and oxygen atoms in total. The lowest BCUT2D eigenvalue weighted by atomic mass is 10.3. The Balaban J connectivity index is 2.37. The Bertz CT molecular complexity index is 392. The highest BCUT2D eigenvalue weighted by molar-refractivity contribution is 5.32. The maximum atomic E-state index is 4.28. The van der Waals surface area contributed by atoms with Gasteiger partial charge < -0.3 is 9.88 Å². The van der Waals surface area contributed by atoms with E-state index in [2.05, 4.69) is 27.0 Å². The van der Waals surface area contributed by atoms with E-state index in [0.717, 1.165) is 18.1 Å². The summed E-state index contributed by atoms with van der Waals surface area (Å²) < 4.78 is 2.08. The van der Waals surface area contributed by atoms with Crippen molar-refractivity contribution in [1.82, 2.24) is 14.9 Å². The summed E-state index contributed by atoms with van der Waals surface area (Å²) in [6.07, 6.45) is 3.79. The Hall–Kier alpha value is -1.61. The Labute approximate surface area is 83.4 Å². The van der Waals surface area contributed by atoms with Crippen LogP contribution >= 0.6 is 0 Å². The van der Waals surface area contributed by atoms with E-state index in [1.807, 2.05) is 37.6 Å². The van der Waals surface area contributed by atoms with Crippen molar-refractivity contribution in [3.63, 3.8) is 0 Å². The molecule has 2 aromatic rings. The predicted molar refractivity (Wildman–Crippen MR) is 56.3 cm³/mol. The zero-order valence-corrected chi connectivity index (χ0v) is 8.14. The first kappa shape index (κ1) is 8.97. The molecule has 14 heavy (non-hydrogen) atoms. The zero-order valence-electron chi connectivity index (χ0n) is 8.14. The van der Waals surface area contributed by atoms with Gasteiger partial charge in [-0.25, -0.2) is 4.98 Å². The van der Waals surface area contributed by atoms with Crippen LogP contribution in [0, 0.1) is 0 Å². The van der Waals surface area contributed by atoms with E-state index < -0.39 is 0 Å². The highest BCUT2D eigenvalue weighted by Gasteiger charge is 2.01. The van der Waals surface area contributed by atoms with Gasteiger partial charge in [0.2, 0.25) is 0 Å². The molecule has 1 aromatic carbocycles. The lowest BCUT2D eigenvalue weighted by Crippen LogP contribution is -2.10. The molecule has 0 radical (unpaired) electrons. The van der Waals surface area contributed by atoms with Gasteiger partial charge in [-0.2, -0.15) is 0 Å². The average molecular weight is 187 g/mol. The molecule has 0 saturated heterocycles. The molecule has 2 rings (SSSR count). The monoisotopic (exact) mass is 187 g/mol. The predicted octanol–water partition coefficient (Wildman–Crippen LogP) is 1.59. The molecule has 1 heterocycles. The van der Waals surface area contributed by atoms with E-state index in [4.69, 9.17) is 0 Å². The highest BCUT2D eigenvalue weighted by Crippen LogP contribution is 2.09. The van der Waals surface area contributed by atoms with Crippen molar-refractivity contribution in [3.05, 3.63) is 48.5 Å². The smallest absolute Gasteiger partial charge is 0.127 e.